The lowest BCUT2D eigenvalue weighted by atomic mass is 10.3. The summed E-state index contributed by atoms with van der Waals surface area (Å²) in [7, 11) is 3.96. The van der Waals surface area contributed by atoms with Crippen LogP contribution in [0.2, 0.25) is 0 Å². The van der Waals surface area contributed by atoms with E-state index in [1.165, 1.54) is 0 Å². The molecule has 1 aliphatic heterocycles. The Balaban J connectivity index is 2.17. The molecule has 0 bridgehead atoms. The standard InChI is InChI=1S/C13H25N7/c1-5-20(6-2)13-17-11(14-3)16-12(18-13)15-10-7-8-19(4)9-10/h10H,5-9H2,1-4H3,(H2,14,15,16,17,18). The summed E-state index contributed by atoms with van der Waals surface area (Å²) in [5.74, 6) is 1.99. The van der Waals surface area contributed by atoms with Gasteiger partial charge in [0.15, 0.2) is 0 Å². The predicted molar refractivity (Wildman–Crippen MR) is 82.5 cm³/mol. The first-order chi connectivity index (χ1) is 9.66. The van der Waals surface area contributed by atoms with Gasteiger partial charge < -0.3 is 20.4 Å². The summed E-state index contributed by atoms with van der Waals surface area (Å²) in [5, 5.41) is 6.42. The van der Waals surface area contributed by atoms with Crippen molar-refractivity contribution in [2.45, 2.75) is 26.3 Å². The molecule has 2 heterocycles. The maximum absolute atomic E-state index is 4.55. The predicted octanol–water partition coefficient (Wildman–Crippen LogP) is 0.876. The fourth-order valence-electron chi connectivity index (χ4n) is 2.42. The SMILES string of the molecule is CCN(CC)c1nc(NC)nc(NC2CCN(C)C2)n1. The Hall–Kier alpha value is -1.63. The molecule has 1 aromatic heterocycles. The van der Waals surface area contributed by atoms with Crippen molar-refractivity contribution >= 4 is 17.8 Å². The fraction of sp³-hybridized carbons (Fsp3) is 0.769. The number of hydrogen-bond donors (Lipinski definition) is 2. The molecule has 2 rings (SSSR count). The van der Waals surface area contributed by atoms with Gasteiger partial charge in [-0.25, -0.2) is 0 Å². The van der Waals surface area contributed by atoms with Gasteiger partial charge in [0.1, 0.15) is 0 Å². The number of anilines is 3. The number of aromatic nitrogens is 3. The minimum atomic E-state index is 0.414. The molecule has 1 fully saturated rings. The lowest BCUT2D eigenvalue weighted by Gasteiger charge is -2.20. The van der Waals surface area contributed by atoms with E-state index >= 15 is 0 Å². The zero-order valence-corrected chi connectivity index (χ0v) is 12.8. The van der Waals surface area contributed by atoms with Crippen molar-refractivity contribution in [2.24, 2.45) is 0 Å². The fourth-order valence-corrected chi connectivity index (χ4v) is 2.42. The average Bonchev–Trinajstić information content (AvgIpc) is 2.85. The monoisotopic (exact) mass is 279 g/mol. The zero-order valence-electron chi connectivity index (χ0n) is 12.8. The minimum Gasteiger partial charge on any atom is -0.357 e. The van der Waals surface area contributed by atoms with Crippen molar-refractivity contribution in [3.05, 3.63) is 0 Å². The van der Waals surface area contributed by atoms with E-state index in [1.807, 2.05) is 7.05 Å². The Labute approximate surface area is 120 Å². The second-order valence-electron chi connectivity index (χ2n) is 5.10. The highest BCUT2D eigenvalue weighted by Crippen LogP contribution is 2.16. The molecule has 0 saturated carbocycles. The average molecular weight is 279 g/mol. The van der Waals surface area contributed by atoms with Gasteiger partial charge in [-0.05, 0) is 33.9 Å². The van der Waals surface area contributed by atoms with E-state index in [-0.39, 0.29) is 0 Å². The van der Waals surface area contributed by atoms with Crippen LogP contribution in [0.1, 0.15) is 20.3 Å². The summed E-state index contributed by atoms with van der Waals surface area (Å²) in [6.45, 7) is 8.12. The molecule has 0 aromatic carbocycles. The highest BCUT2D eigenvalue weighted by Gasteiger charge is 2.21. The first-order valence-electron chi connectivity index (χ1n) is 7.30. The van der Waals surface area contributed by atoms with Crippen LogP contribution >= 0.6 is 0 Å². The van der Waals surface area contributed by atoms with Crippen LogP contribution in [0.15, 0.2) is 0 Å². The van der Waals surface area contributed by atoms with Gasteiger partial charge in [-0.15, -0.1) is 0 Å². The number of hydrogen-bond acceptors (Lipinski definition) is 7. The van der Waals surface area contributed by atoms with Crippen LogP contribution in [0.5, 0.6) is 0 Å². The first-order valence-corrected chi connectivity index (χ1v) is 7.30. The molecule has 1 unspecified atom stereocenters. The van der Waals surface area contributed by atoms with Gasteiger partial charge in [-0.2, -0.15) is 15.0 Å². The molecule has 0 radical (unpaired) electrons. The Kier molecular flexibility index (Phi) is 4.94. The molecule has 20 heavy (non-hydrogen) atoms. The van der Waals surface area contributed by atoms with Crippen molar-refractivity contribution < 1.29 is 0 Å². The van der Waals surface area contributed by atoms with E-state index in [2.05, 4.69) is 56.3 Å². The van der Waals surface area contributed by atoms with E-state index in [0.29, 0.717) is 17.9 Å². The Morgan fingerprint density at radius 2 is 1.90 bits per heavy atom. The maximum Gasteiger partial charge on any atom is 0.231 e. The highest BCUT2D eigenvalue weighted by molar-refractivity contribution is 5.44. The minimum absolute atomic E-state index is 0.414. The van der Waals surface area contributed by atoms with E-state index in [1.54, 1.807) is 0 Å². The second kappa shape index (κ2) is 6.69. The third-order valence-corrected chi connectivity index (χ3v) is 3.62. The topological polar surface area (TPSA) is 69.2 Å². The zero-order chi connectivity index (χ0) is 14.5. The third kappa shape index (κ3) is 3.47. The van der Waals surface area contributed by atoms with Gasteiger partial charge in [0.25, 0.3) is 0 Å². The van der Waals surface area contributed by atoms with Crippen LogP contribution in [0, 0.1) is 0 Å². The Morgan fingerprint density at radius 1 is 1.20 bits per heavy atom. The largest absolute Gasteiger partial charge is 0.357 e. The number of nitrogens with zero attached hydrogens (tertiary/aromatic N) is 5. The van der Waals surface area contributed by atoms with E-state index in [9.17, 15) is 0 Å². The number of nitrogens with one attached hydrogen (secondary N) is 2. The molecule has 1 aliphatic rings. The van der Waals surface area contributed by atoms with E-state index < -0.39 is 0 Å². The molecule has 2 N–H and O–H groups in total. The number of likely N-dealkylation sites (N-methyl/N-ethyl adjacent to an activating group) is 1. The van der Waals surface area contributed by atoms with Crippen molar-refractivity contribution in [1.29, 1.82) is 0 Å². The summed E-state index contributed by atoms with van der Waals surface area (Å²) in [6.07, 6.45) is 1.12. The van der Waals surface area contributed by atoms with E-state index in [4.69, 9.17) is 0 Å². The smallest absolute Gasteiger partial charge is 0.231 e. The molecular weight excluding hydrogens is 254 g/mol. The van der Waals surface area contributed by atoms with Crippen LogP contribution in [-0.4, -0.2) is 66.2 Å². The van der Waals surface area contributed by atoms with Crippen LogP contribution in [-0.2, 0) is 0 Å². The summed E-state index contributed by atoms with van der Waals surface area (Å²) >= 11 is 0. The molecule has 7 heteroatoms. The Morgan fingerprint density at radius 3 is 2.45 bits per heavy atom. The van der Waals surface area contributed by atoms with E-state index in [0.717, 1.165) is 38.5 Å². The molecule has 0 spiro atoms. The lowest BCUT2D eigenvalue weighted by molar-refractivity contribution is 0.414. The summed E-state index contributed by atoms with van der Waals surface area (Å²) in [4.78, 5) is 17.8. The second-order valence-corrected chi connectivity index (χ2v) is 5.10. The van der Waals surface area contributed by atoms with Crippen LogP contribution in [0.25, 0.3) is 0 Å². The molecular formula is C13H25N7. The van der Waals surface area contributed by atoms with Crippen LogP contribution in [0.4, 0.5) is 17.8 Å². The highest BCUT2D eigenvalue weighted by atomic mass is 15.3. The molecule has 0 amide bonds. The van der Waals surface area contributed by atoms with Crippen molar-refractivity contribution in [1.82, 2.24) is 19.9 Å². The molecule has 0 aliphatic carbocycles. The van der Waals surface area contributed by atoms with Crippen molar-refractivity contribution in [3.63, 3.8) is 0 Å². The van der Waals surface area contributed by atoms with Gasteiger partial charge in [-0.1, -0.05) is 0 Å². The molecule has 1 atom stereocenters. The number of likely N-dealkylation sites (tertiary alicyclic amines) is 1. The van der Waals surface area contributed by atoms with Crippen LogP contribution in [0.3, 0.4) is 0 Å². The third-order valence-electron chi connectivity index (χ3n) is 3.62. The Bertz CT molecular complexity index is 433. The van der Waals surface area contributed by atoms with Crippen LogP contribution < -0.4 is 15.5 Å². The van der Waals surface area contributed by atoms with Gasteiger partial charge in [0.05, 0.1) is 0 Å². The van der Waals surface area contributed by atoms with Crippen molar-refractivity contribution in [2.75, 3.05) is 55.8 Å². The van der Waals surface area contributed by atoms with Crippen molar-refractivity contribution in [3.8, 4) is 0 Å². The summed E-state index contributed by atoms with van der Waals surface area (Å²) in [6, 6.07) is 0.414. The van der Waals surface area contributed by atoms with Gasteiger partial charge in [0, 0.05) is 32.7 Å². The maximum atomic E-state index is 4.55. The first kappa shape index (κ1) is 14.8. The normalized spacial score (nSPS) is 19.1. The number of rotatable bonds is 6. The van der Waals surface area contributed by atoms with Gasteiger partial charge >= 0.3 is 0 Å². The lowest BCUT2D eigenvalue weighted by Crippen LogP contribution is -2.28. The molecule has 7 nitrogen and oxygen atoms in total. The van der Waals surface area contributed by atoms with Gasteiger partial charge in [-0.3, -0.25) is 0 Å². The van der Waals surface area contributed by atoms with Gasteiger partial charge in [0.2, 0.25) is 17.8 Å². The molecule has 112 valence electrons. The molecule has 1 saturated heterocycles. The molecule has 1 aromatic rings. The summed E-state index contributed by atoms with van der Waals surface area (Å²) in [5.41, 5.74) is 0. The summed E-state index contributed by atoms with van der Waals surface area (Å²) < 4.78 is 0. The quantitative estimate of drug-likeness (QED) is 0.801.